The van der Waals surface area contributed by atoms with Crippen LogP contribution in [0.3, 0.4) is 0 Å². The van der Waals surface area contributed by atoms with Crippen LogP contribution in [-0.4, -0.2) is 65.9 Å². The Morgan fingerprint density at radius 1 is 1.38 bits per heavy atom. The van der Waals surface area contributed by atoms with E-state index in [-0.39, 0.29) is 18.3 Å². The third-order valence-corrected chi connectivity index (χ3v) is 6.46. The van der Waals surface area contributed by atoms with E-state index in [1.807, 2.05) is 6.07 Å². The number of ether oxygens (including phenoxy) is 1. The number of aliphatic hydroxyl groups excluding tert-OH is 1. The molecule has 3 rings (SSSR count). The van der Waals surface area contributed by atoms with Gasteiger partial charge in [0.25, 0.3) is 0 Å². The van der Waals surface area contributed by atoms with Crippen molar-refractivity contribution < 1.29 is 24.9 Å². The molecule has 158 valence electrons. The number of aromatic hydroxyl groups is 1. The van der Waals surface area contributed by atoms with Crippen molar-refractivity contribution in [3.05, 3.63) is 23.3 Å². The molecule has 2 aliphatic heterocycles. The van der Waals surface area contributed by atoms with Crippen molar-refractivity contribution in [1.29, 1.82) is 0 Å². The van der Waals surface area contributed by atoms with E-state index in [1.54, 1.807) is 6.07 Å². The number of fused-ring (bicyclic) bond motifs is 1. The summed E-state index contributed by atoms with van der Waals surface area (Å²) in [6.07, 6.45) is 3.97. The first-order valence-corrected chi connectivity index (χ1v) is 10.5. The van der Waals surface area contributed by atoms with E-state index in [0.29, 0.717) is 51.9 Å². The van der Waals surface area contributed by atoms with E-state index in [9.17, 15) is 15.0 Å². The van der Waals surface area contributed by atoms with Gasteiger partial charge in [0.05, 0.1) is 20.0 Å². The predicted octanol–water partition coefficient (Wildman–Crippen LogP) is 1.44. The Morgan fingerprint density at radius 3 is 2.76 bits per heavy atom. The van der Waals surface area contributed by atoms with Gasteiger partial charge < -0.3 is 25.8 Å². The zero-order valence-electron chi connectivity index (χ0n) is 16.8. The number of piperidine rings is 1. The van der Waals surface area contributed by atoms with Crippen LogP contribution < -0.4 is 10.5 Å². The highest BCUT2D eigenvalue weighted by Crippen LogP contribution is 2.39. The Bertz CT molecular complexity index is 723. The first-order valence-electron chi connectivity index (χ1n) is 10.5. The Hall–Kier alpha value is -1.77. The van der Waals surface area contributed by atoms with Gasteiger partial charge in [-0.1, -0.05) is 12.5 Å². The van der Waals surface area contributed by atoms with Gasteiger partial charge >= 0.3 is 5.97 Å². The van der Waals surface area contributed by atoms with Crippen LogP contribution in [0.1, 0.15) is 43.2 Å². The first kappa shape index (κ1) is 21.9. The van der Waals surface area contributed by atoms with Crippen molar-refractivity contribution in [3.63, 3.8) is 0 Å². The molecular weight excluding hydrogens is 371 g/mol. The number of phenols is 1. The van der Waals surface area contributed by atoms with Crippen LogP contribution in [0.2, 0.25) is 5.82 Å². The lowest BCUT2D eigenvalue weighted by molar-refractivity contribution is -0.147. The largest absolute Gasteiger partial charge is 0.507 e. The standard InChI is InChI=1S/C21H31BN2O5/c22-18(4-1-11-25)21(23,20(27)28)15-7-9-24(10-8-15)13-16-17(26)6-5-14-3-2-12-29-19(14)16/h5-6,15,18,25-26H,1-4,7-13,23H2,(H,27,28). The summed E-state index contributed by atoms with van der Waals surface area (Å²) in [7, 11) is 6.14. The van der Waals surface area contributed by atoms with Gasteiger partial charge in [0, 0.05) is 13.2 Å². The number of carbonyl (C=O) groups is 1. The average Bonchev–Trinajstić information content (AvgIpc) is 2.73. The molecule has 0 spiro atoms. The third-order valence-electron chi connectivity index (χ3n) is 6.46. The molecule has 8 heteroatoms. The van der Waals surface area contributed by atoms with Crippen molar-refractivity contribution in [2.45, 2.75) is 56.4 Å². The number of aryl methyl sites for hydroxylation is 1. The Kier molecular flexibility index (Phi) is 7.08. The number of carboxylic acid groups (broad SMARTS) is 1. The second kappa shape index (κ2) is 9.37. The zero-order valence-corrected chi connectivity index (χ0v) is 16.8. The second-order valence-electron chi connectivity index (χ2n) is 8.26. The molecule has 2 aliphatic rings. The maximum absolute atomic E-state index is 12.0. The van der Waals surface area contributed by atoms with E-state index >= 15 is 0 Å². The number of carboxylic acids is 1. The van der Waals surface area contributed by atoms with Gasteiger partial charge in [-0.15, -0.1) is 0 Å². The van der Waals surface area contributed by atoms with Gasteiger partial charge in [0.2, 0.25) is 0 Å². The van der Waals surface area contributed by atoms with Crippen LogP contribution in [0, 0.1) is 5.92 Å². The quantitative estimate of drug-likeness (QED) is 0.486. The topological polar surface area (TPSA) is 116 Å². The Morgan fingerprint density at radius 2 is 2.10 bits per heavy atom. The molecular formula is C21H31BN2O5. The fourth-order valence-electron chi connectivity index (χ4n) is 4.61. The summed E-state index contributed by atoms with van der Waals surface area (Å²) in [5, 5.41) is 29.2. The maximum Gasteiger partial charge on any atom is 0.323 e. The van der Waals surface area contributed by atoms with E-state index in [4.69, 9.17) is 23.4 Å². The minimum Gasteiger partial charge on any atom is -0.507 e. The number of nitrogens with two attached hydrogens (primary N) is 1. The van der Waals surface area contributed by atoms with E-state index < -0.39 is 17.3 Å². The fraction of sp³-hybridized carbons (Fsp3) is 0.667. The number of hydrogen-bond acceptors (Lipinski definition) is 6. The van der Waals surface area contributed by atoms with Gasteiger partial charge in [-0.2, -0.15) is 0 Å². The van der Waals surface area contributed by atoms with Gasteiger partial charge in [-0.3, -0.25) is 9.69 Å². The van der Waals surface area contributed by atoms with E-state index in [0.717, 1.165) is 29.7 Å². The molecule has 0 aromatic heterocycles. The summed E-state index contributed by atoms with van der Waals surface area (Å²) < 4.78 is 5.83. The molecule has 7 nitrogen and oxygen atoms in total. The summed E-state index contributed by atoms with van der Waals surface area (Å²) >= 11 is 0. The van der Waals surface area contributed by atoms with Crippen LogP contribution >= 0.6 is 0 Å². The van der Waals surface area contributed by atoms with Crippen molar-refractivity contribution in [2.75, 3.05) is 26.3 Å². The number of likely N-dealkylation sites (tertiary alicyclic amines) is 1. The summed E-state index contributed by atoms with van der Waals surface area (Å²) in [5.74, 6) is -0.994. The lowest BCUT2D eigenvalue weighted by Crippen LogP contribution is -2.59. The monoisotopic (exact) mass is 402 g/mol. The minimum atomic E-state index is -1.50. The number of nitrogens with zero attached hydrogens (tertiary/aromatic N) is 1. The van der Waals surface area contributed by atoms with Gasteiger partial charge in [-0.25, -0.2) is 0 Å². The molecule has 0 aliphatic carbocycles. The molecule has 1 aromatic rings. The highest BCUT2D eigenvalue weighted by molar-refractivity contribution is 6.15. The molecule has 29 heavy (non-hydrogen) atoms. The molecule has 2 unspecified atom stereocenters. The molecule has 2 heterocycles. The summed E-state index contributed by atoms with van der Waals surface area (Å²) in [6, 6.07) is 3.65. The molecule has 2 atom stereocenters. The van der Waals surface area contributed by atoms with Crippen molar-refractivity contribution >= 4 is 13.8 Å². The molecule has 0 saturated carbocycles. The van der Waals surface area contributed by atoms with Crippen LogP contribution in [0.5, 0.6) is 11.5 Å². The highest BCUT2D eigenvalue weighted by atomic mass is 16.5. The highest BCUT2D eigenvalue weighted by Gasteiger charge is 2.46. The third kappa shape index (κ3) is 4.54. The van der Waals surface area contributed by atoms with Crippen molar-refractivity contribution in [3.8, 4) is 11.5 Å². The van der Waals surface area contributed by atoms with Crippen molar-refractivity contribution in [2.24, 2.45) is 11.7 Å². The Balaban J connectivity index is 1.67. The van der Waals surface area contributed by atoms with Crippen LogP contribution in [0.15, 0.2) is 12.1 Å². The molecule has 5 N–H and O–H groups in total. The number of hydrogen-bond donors (Lipinski definition) is 4. The number of aliphatic hydroxyl groups is 1. The number of benzene rings is 1. The van der Waals surface area contributed by atoms with Crippen molar-refractivity contribution in [1.82, 2.24) is 4.90 Å². The predicted molar refractivity (Wildman–Crippen MR) is 110 cm³/mol. The molecule has 2 radical (unpaired) electrons. The summed E-state index contributed by atoms with van der Waals surface area (Å²) in [5.41, 5.74) is 6.76. The molecule has 1 aromatic carbocycles. The van der Waals surface area contributed by atoms with Crippen LogP contribution in [0.4, 0.5) is 0 Å². The lowest BCUT2D eigenvalue weighted by atomic mass is 9.61. The van der Waals surface area contributed by atoms with Crippen LogP contribution in [-0.2, 0) is 17.8 Å². The van der Waals surface area contributed by atoms with Gasteiger partial charge in [0.1, 0.15) is 17.0 Å². The second-order valence-corrected chi connectivity index (χ2v) is 8.26. The molecule has 1 saturated heterocycles. The average molecular weight is 402 g/mol. The number of rotatable bonds is 8. The number of aliphatic carboxylic acids is 1. The number of phenolic OH excluding ortho intramolecular Hbond substituents is 1. The minimum absolute atomic E-state index is 0.0329. The first-order chi connectivity index (χ1) is 13.9. The lowest BCUT2D eigenvalue weighted by Gasteiger charge is -2.43. The normalized spacial score (nSPS) is 21.0. The maximum atomic E-state index is 12.0. The van der Waals surface area contributed by atoms with Gasteiger partial charge in [-0.05, 0) is 68.6 Å². The molecule has 0 amide bonds. The molecule has 1 fully saturated rings. The summed E-state index contributed by atoms with van der Waals surface area (Å²) in [6.45, 7) is 2.53. The Labute approximate surface area is 173 Å². The summed E-state index contributed by atoms with van der Waals surface area (Å²) in [4.78, 5) is 14.2. The fourth-order valence-corrected chi connectivity index (χ4v) is 4.61. The molecule has 0 bridgehead atoms. The van der Waals surface area contributed by atoms with E-state index in [2.05, 4.69) is 4.90 Å². The smallest absolute Gasteiger partial charge is 0.323 e. The van der Waals surface area contributed by atoms with E-state index in [1.165, 1.54) is 0 Å². The zero-order chi connectivity index (χ0) is 21.0. The van der Waals surface area contributed by atoms with Crippen LogP contribution in [0.25, 0.3) is 0 Å². The van der Waals surface area contributed by atoms with Gasteiger partial charge in [0.15, 0.2) is 0 Å². The SMILES string of the molecule is [B]C(CCCO)C(N)(C(=O)O)C1CCN(Cc2c(O)ccc3c2OCCC3)CC1.